The average molecular weight is 251 g/mol. The van der Waals surface area contributed by atoms with E-state index in [1.54, 1.807) is 6.07 Å². The molecule has 5 heteroatoms. The van der Waals surface area contributed by atoms with Gasteiger partial charge in [-0.1, -0.05) is 13.8 Å². The SMILES string of the molecule is CC(C)c1cc(C(=O)NC(C)(CO)C2CC2)n[nH]1. The molecule has 0 aromatic carbocycles. The molecule has 1 fully saturated rings. The Hall–Kier alpha value is -1.36. The Balaban J connectivity index is 2.06. The van der Waals surface area contributed by atoms with E-state index in [0.29, 0.717) is 17.5 Å². The molecule has 1 aliphatic rings. The van der Waals surface area contributed by atoms with Crippen molar-refractivity contribution >= 4 is 5.91 Å². The van der Waals surface area contributed by atoms with Crippen molar-refractivity contribution in [1.82, 2.24) is 15.5 Å². The van der Waals surface area contributed by atoms with Crippen molar-refractivity contribution in [1.29, 1.82) is 0 Å². The zero-order valence-electron chi connectivity index (χ0n) is 11.2. The molecule has 18 heavy (non-hydrogen) atoms. The first-order valence-corrected chi connectivity index (χ1v) is 6.45. The summed E-state index contributed by atoms with van der Waals surface area (Å²) in [5.41, 5.74) is 0.810. The molecule has 3 N–H and O–H groups in total. The fourth-order valence-corrected chi connectivity index (χ4v) is 2.06. The number of rotatable bonds is 5. The Bertz CT molecular complexity index is 437. The number of aliphatic hydroxyl groups is 1. The number of hydrogen-bond acceptors (Lipinski definition) is 3. The quantitative estimate of drug-likeness (QED) is 0.740. The van der Waals surface area contributed by atoms with Crippen LogP contribution in [0.5, 0.6) is 0 Å². The molecule has 1 amide bonds. The van der Waals surface area contributed by atoms with Crippen LogP contribution in [0.1, 0.15) is 55.7 Å². The number of carbonyl (C=O) groups is 1. The highest BCUT2D eigenvalue weighted by Crippen LogP contribution is 2.39. The maximum absolute atomic E-state index is 12.1. The number of H-pyrrole nitrogens is 1. The van der Waals surface area contributed by atoms with E-state index < -0.39 is 5.54 Å². The van der Waals surface area contributed by atoms with Gasteiger partial charge < -0.3 is 10.4 Å². The lowest BCUT2D eigenvalue weighted by molar-refractivity contribution is 0.0819. The van der Waals surface area contributed by atoms with Crippen LogP contribution in [-0.2, 0) is 0 Å². The molecule has 1 saturated carbocycles. The van der Waals surface area contributed by atoms with Crippen LogP contribution in [0.25, 0.3) is 0 Å². The van der Waals surface area contributed by atoms with Gasteiger partial charge in [0.05, 0.1) is 12.1 Å². The number of carbonyl (C=O) groups excluding carboxylic acids is 1. The fraction of sp³-hybridized carbons (Fsp3) is 0.692. The van der Waals surface area contributed by atoms with Crippen LogP contribution in [0.15, 0.2) is 6.07 Å². The van der Waals surface area contributed by atoms with Crippen LogP contribution in [0, 0.1) is 5.92 Å². The summed E-state index contributed by atoms with van der Waals surface area (Å²) in [6.07, 6.45) is 2.13. The molecule has 0 bridgehead atoms. The summed E-state index contributed by atoms with van der Waals surface area (Å²) in [6, 6.07) is 1.77. The molecule has 1 unspecified atom stereocenters. The minimum Gasteiger partial charge on any atom is -0.394 e. The van der Waals surface area contributed by atoms with Crippen molar-refractivity contribution < 1.29 is 9.90 Å². The van der Waals surface area contributed by atoms with E-state index in [2.05, 4.69) is 15.5 Å². The minimum atomic E-state index is -0.520. The predicted molar refractivity (Wildman–Crippen MR) is 68.4 cm³/mol. The lowest BCUT2D eigenvalue weighted by Gasteiger charge is -2.28. The maximum atomic E-state index is 12.1. The topological polar surface area (TPSA) is 78.0 Å². The third-order valence-corrected chi connectivity index (χ3v) is 3.66. The zero-order valence-corrected chi connectivity index (χ0v) is 11.2. The number of hydrogen-bond donors (Lipinski definition) is 3. The first-order chi connectivity index (χ1) is 8.46. The van der Waals surface area contributed by atoms with E-state index in [1.165, 1.54) is 0 Å². The molecule has 5 nitrogen and oxygen atoms in total. The lowest BCUT2D eigenvalue weighted by Crippen LogP contribution is -2.50. The highest BCUT2D eigenvalue weighted by Gasteiger charge is 2.42. The molecule has 100 valence electrons. The number of aromatic nitrogens is 2. The second kappa shape index (κ2) is 4.72. The molecule has 0 radical (unpaired) electrons. The molecule has 0 aliphatic heterocycles. The number of nitrogens with one attached hydrogen (secondary N) is 2. The molecular weight excluding hydrogens is 230 g/mol. The second-order valence-electron chi connectivity index (χ2n) is 5.67. The second-order valence-corrected chi connectivity index (χ2v) is 5.67. The van der Waals surface area contributed by atoms with Crippen molar-refractivity contribution in [2.24, 2.45) is 5.92 Å². The number of aliphatic hydroxyl groups excluding tert-OH is 1. The molecular formula is C13H21N3O2. The summed E-state index contributed by atoms with van der Waals surface area (Å²) in [5.74, 6) is 0.475. The van der Waals surface area contributed by atoms with Crippen LogP contribution in [0.4, 0.5) is 0 Å². The third kappa shape index (κ3) is 2.56. The van der Waals surface area contributed by atoms with Gasteiger partial charge in [-0.2, -0.15) is 5.10 Å². The molecule has 2 rings (SSSR count). The van der Waals surface area contributed by atoms with E-state index in [0.717, 1.165) is 18.5 Å². The first kappa shape index (κ1) is 13.1. The molecule has 1 aromatic heterocycles. The van der Waals surface area contributed by atoms with Crippen molar-refractivity contribution in [3.8, 4) is 0 Å². The summed E-state index contributed by atoms with van der Waals surface area (Å²) < 4.78 is 0. The third-order valence-electron chi connectivity index (χ3n) is 3.66. The lowest BCUT2D eigenvalue weighted by atomic mass is 9.97. The maximum Gasteiger partial charge on any atom is 0.272 e. The summed E-state index contributed by atoms with van der Waals surface area (Å²) in [4.78, 5) is 12.1. The van der Waals surface area contributed by atoms with Gasteiger partial charge in [-0.3, -0.25) is 9.89 Å². The fourth-order valence-electron chi connectivity index (χ4n) is 2.06. The Morgan fingerprint density at radius 2 is 2.33 bits per heavy atom. The van der Waals surface area contributed by atoms with Crippen LogP contribution in [0.2, 0.25) is 0 Å². The van der Waals surface area contributed by atoms with E-state index in [-0.39, 0.29) is 12.5 Å². The molecule has 0 saturated heterocycles. The van der Waals surface area contributed by atoms with Gasteiger partial charge in [0.1, 0.15) is 5.69 Å². The van der Waals surface area contributed by atoms with Gasteiger partial charge in [0.15, 0.2) is 0 Å². The van der Waals surface area contributed by atoms with Gasteiger partial charge in [-0.05, 0) is 37.7 Å². The van der Waals surface area contributed by atoms with Crippen molar-refractivity contribution in [3.05, 3.63) is 17.5 Å². The molecule has 1 aliphatic carbocycles. The van der Waals surface area contributed by atoms with Crippen LogP contribution in [-0.4, -0.2) is 33.4 Å². The Morgan fingerprint density at radius 1 is 1.67 bits per heavy atom. The number of aromatic amines is 1. The van der Waals surface area contributed by atoms with Crippen LogP contribution < -0.4 is 5.32 Å². The van der Waals surface area contributed by atoms with Crippen LogP contribution in [0.3, 0.4) is 0 Å². The highest BCUT2D eigenvalue weighted by molar-refractivity contribution is 5.92. The van der Waals surface area contributed by atoms with E-state index in [1.807, 2.05) is 20.8 Å². The Kier molecular flexibility index (Phi) is 3.43. The van der Waals surface area contributed by atoms with E-state index in [4.69, 9.17) is 0 Å². The molecule has 1 atom stereocenters. The van der Waals surface area contributed by atoms with Crippen molar-refractivity contribution in [3.63, 3.8) is 0 Å². The van der Waals surface area contributed by atoms with Gasteiger partial charge in [0.2, 0.25) is 0 Å². The van der Waals surface area contributed by atoms with E-state index in [9.17, 15) is 9.90 Å². The monoisotopic (exact) mass is 251 g/mol. The van der Waals surface area contributed by atoms with Gasteiger partial charge >= 0.3 is 0 Å². The largest absolute Gasteiger partial charge is 0.394 e. The minimum absolute atomic E-state index is 0.0368. The normalized spacial score (nSPS) is 18.7. The van der Waals surface area contributed by atoms with Crippen molar-refractivity contribution in [2.45, 2.75) is 45.1 Å². The van der Waals surface area contributed by atoms with Gasteiger partial charge in [0, 0.05) is 5.69 Å². The Morgan fingerprint density at radius 3 is 2.78 bits per heavy atom. The first-order valence-electron chi connectivity index (χ1n) is 6.45. The van der Waals surface area contributed by atoms with Gasteiger partial charge in [-0.15, -0.1) is 0 Å². The van der Waals surface area contributed by atoms with E-state index >= 15 is 0 Å². The van der Waals surface area contributed by atoms with Crippen molar-refractivity contribution in [2.75, 3.05) is 6.61 Å². The zero-order chi connectivity index (χ0) is 13.3. The average Bonchev–Trinajstić information content (AvgIpc) is 3.06. The summed E-state index contributed by atoms with van der Waals surface area (Å²) >= 11 is 0. The molecule has 1 heterocycles. The summed E-state index contributed by atoms with van der Waals surface area (Å²) in [6.45, 7) is 5.93. The molecule has 1 aromatic rings. The van der Waals surface area contributed by atoms with Gasteiger partial charge in [0.25, 0.3) is 5.91 Å². The number of nitrogens with zero attached hydrogens (tertiary/aromatic N) is 1. The van der Waals surface area contributed by atoms with Gasteiger partial charge in [-0.25, -0.2) is 0 Å². The number of amides is 1. The highest BCUT2D eigenvalue weighted by atomic mass is 16.3. The van der Waals surface area contributed by atoms with Crippen LogP contribution >= 0.6 is 0 Å². The standard InChI is InChI=1S/C13H21N3O2/c1-8(2)10-6-11(16-15-10)12(18)14-13(3,7-17)9-4-5-9/h6,8-9,17H,4-5,7H2,1-3H3,(H,14,18)(H,15,16). The smallest absolute Gasteiger partial charge is 0.272 e. The predicted octanol–water partition coefficient (Wildman–Crippen LogP) is 1.42. The summed E-state index contributed by atoms with van der Waals surface area (Å²) in [7, 11) is 0. The Labute approximate surface area is 107 Å². The summed E-state index contributed by atoms with van der Waals surface area (Å²) in [5, 5.41) is 19.2. The molecule has 0 spiro atoms.